The molecule has 2 heterocycles. The third-order valence-corrected chi connectivity index (χ3v) is 7.17. The molecule has 192 valence electrons. The van der Waals surface area contributed by atoms with Gasteiger partial charge in [0.05, 0.1) is 14.2 Å². The molecule has 7 nitrogen and oxygen atoms in total. The van der Waals surface area contributed by atoms with Gasteiger partial charge in [-0.05, 0) is 32.3 Å². The Labute approximate surface area is 218 Å². The molecule has 2 fully saturated rings. The van der Waals surface area contributed by atoms with Gasteiger partial charge in [-0.25, -0.2) is 0 Å². The van der Waals surface area contributed by atoms with E-state index in [0.717, 1.165) is 93.3 Å². The Morgan fingerprint density at radius 2 is 1.20 bits per heavy atom. The Balaban J connectivity index is 0.000000196. The first kappa shape index (κ1) is 27.6. The zero-order chi connectivity index (χ0) is 25.2. The second-order valence-corrected chi connectivity index (χ2v) is 10.2. The lowest BCUT2D eigenvalue weighted by molar-refractivity contribution is 0.112. The van der Waals surface area contributed by atoms with Crippen molar-refractivity contribution < 1.29 is 14.3 Å². The number of rotatable bonds is 7. The van der Waals surface area contributed by atoms with E-state index in [-0.39, 0.29) is 0 Å². The van der Waals surface area contributed by atoms with Crippen LogP contribution < -0.4 is 9.47 Å². The van der Waals surface area contributed by atoms with Crippen molar-refractivity contribution in [2.45, 2.75) is 13.1 Å². The first-order chi connectivity index (χ1) is 16.9. The highest BCUT2D eigenvalue weighted by Gasteiger charge is 2.17. The fourth-order valence-electron chi connectivity index (χ4n) is 4.31. The van der Waals surface area contributed by atoms with Gasteiger partial charge in [0.1, 0.15) is 17.8 Å². The maximum absolute atomic E-state index is 10.7. The fourth-order valence-corrected chi connectivity index (χ4v) is 4.65. The normalized spacial score (nSPS) is 18.0. The van der Waals surface area contributed by atoms with Crippen molar-refractivity contribution >= 4 is 22.2 Å². The van der Waals surface area contributed by atoms with Crippen LogP contribution in [0.4, 0.5) is 0 Å². The van der Waals surface area contributed by atoms with E-state index in [4.69, 9.17) is 9.47 Å². The molecule has 0 radical (unpaired) electrons. The predicted molar refractivity (Wildman–Crippen MR) is 145 cm³/mol. The lowest BCUT2D eigenvalue weighted by atomic mass is 10.1. The fraction of sp³-hybridized carbons (Fsp3) is 0.519. The summed E-state index contributed by atoms with van der Waals surface area (Å²) >= 11 is 3.47. The van der Waals surface area contributed by atoms with E-state index in [1.165, 1.54) is 5.56 Å². The summed E-state index contributed by atoms with van der Waals surface area (Å²) in [5.41, 5.74) is 3.07. The van der Waals surface area contributed by atoms with Crippen LogP contribution in [0.5, 0.6) is 11.5 Å². The number of carbonyl (C=O) groups excluding carboxylic acids is 1. The highest BCUT2D eigenvalue weighted by atomic mass is 79.9. The monoisotopic (exact) mass is 546 g/mol. The molecule has 0 saturated carbocycles. The molecular weight excluding hydrogens is 508 g/mol. The Hall–Kier alpha value is -1.97. The van der Waals surface area contributed by atoms with Crippen LogP contribution in [0.3, 0.4) is 0 Å². The zero-order valence-electron chi connectivity index (χ0n) is 21.5. The van der Waals surface area contributed by atoms with E-state index in [2.05, 4.69) is 61.8 Å². The lowest BCUT2D eigenvalue weighted by Gasteiger charge is -2.32. The molecule has 0 amide bonds. The minimum absolute atomic E-state index is 0.661. The number of methoxy groups -OCH3 is 2. The van der Waals surface area contributed by atoms with Gasteiger partial charge in [-0.1, -0.05) is 34.1 Å². The number of likely N-dealkylation sites (N-methyl/N-ethyl adjacent to an activating group) is 2. The van der Waals surface area contributed by atoms with E-state index in [0.29, 0.717) is 5.56 Å². The Morgan fingerprint density at radius 1 is 0.743 bits per heavy atom. The number of nitrogens with zero attached hydrogens (tertiary/aromatic N) is 4. The quantitative estimate of drug-likeness (QED) is 0.493. The molecular formula is C27H39BrN4O3. The molecule has 4 rings (SSSR count). The minimum Gasteiger partial charge on any atom is -0.496 e. The number of hydrogen-bond donors (Lipinski definition) is 0. The highest BCUT2D eigenvalue weighted by molar-refractivity contribution is 9.10. The third-order valence-electron chi connectivity index (χ3n) is 6.68. The topological polar surface area (TPSA) is 48.5 Å². The molecule has 0 spiro atoms. The summed E-state index contributed by atoms with van der Waals surface area (Å²) in [7, 11) is 7.71. The van der Waals surface area contributed by atoms with E-state index >= 15 is 0 Å². The van der Waals surface area contributed by atoms with Gasteiger partial charge >= 0.3 is 0 Å². The van der Waals surface area contributed by atoms with Gasteiger partial charge < -0.3 is 19.3 Å². The number of ether oxygens (including phenoxy) is 2. The molecule has 35 heavy (non-hydrogen) atoms. The molecule has 0 atom stereocenters. The van der Waals surface area contributed by atoms with Gasteiger partial charge in [0.15, 0.2) is 0 Å². The third kappa shape index (κ3) is 8.58. The van der Waals surface area contributed by atoms with Gasteiger partial charge in [0.2, 0.25) is 0 Å². The Morgan fingerprint density at radius 3 is 1.66 bits per heavy atom. The van der Waals surface area contributed by atoms with Crippen molar-refractivity contribution in [2.24, 2.45) is 0 Å². The highest BCUT2D eigenvalue weighted by Crippen LogP contribution is 2.25. The molecule has 0 unspecified atom stereocenters. The van der Waals surface area contributed by atoms with Crippen LogP contribution in [0.2, 0.25) is 0 Å². The standard InChI is InChI=1S/C14H20N2O2.C13H19BrN2O/c1-15-5-7-16(8-6-15)10-13-4-3-12(11-17)9-14(13)18-2;1-15-5-7-16(8-6-15)10-11-3-4-12(14)9-13(11)17-2/h3-4,9,11H,5-8,10H2,1-2H3;3-4,9H,5-8,10H2,1-2H3. The van der Waals surface area contributed by atoms with Crippen LogP contribution in [0.25, 0.3) is 0 Å². The second kappa shape index (κ2) is 13.9. The van der Waals surface area contributed by atoms with Crippen LogP contribution in [0.1, 0.15) is 21.5 Å². The summed E-state index contributed by atoms with van der Waals surface area (Å²) in [4.78, 5) is 20.3. The Bertz CT molecular complexity index is 942. The van der Waals surface area contributed by atoms with Gasteiger partial charge in [0.25, 0.3) is 0 Å². The van der Waals surface area contributed by atoms with Gasteiger partial charge in [-0.3, -0.25) is 14.6 Å². The van der Waals surface area contributed by atoms with E-state index in [9.17, 15) is 4.79 Å². The summed E-state index contributed by atoms with van der Waals surface area (Å²) in [6.07, 6.45) is 0.849. The number of hydrogen-bond acceptors (Lipinski definition) is 7. The molecule has 8 heteroatoms. The average molecular weight is 548 g/mol. The number of benzene rings is 2. The molecule has 2 aromatic rings. The number of aldehydes is 1. The largest absolute Gasteiger partial charge is 0.496 e. The van der Waals surface area contributed by atoms with Gasteiger partial charge in [-0.2, -0.15) is 0 Å². The summed E-state index contributed by atoms with van der Waals surface area (Å²) in [6, 6.07) is 11.9. The van der Waals surface area contributed by atoms with E-state index in [1.54, 1.807) is 20.3 Å². The van der Waals surface area contributed by atoms with E-state index in [1.807, 2.05) is 18.2 Å². The van der Waals surface area contributed by atoms with Crippen LogP contribution in [0, 0.1) is 0 Å². The van der Waals surface area contributed by atoms with Crippen molar-refractivity contribution in [1.29, 1.82) is 0 Å². The van der Waals surface area contributed by atoms with Crippen LogP contribution in [-0.4, -0.2) is 107 Å². The van der Waals surface area contributed by atoms with Gasteiger partial charge in [-0.15, -0.1) is 0 Å². The van der Waals surface area contributed by atoms with Gasteiger partial charge in [0, 0.05) is 86.6 Å². The van der Waals surface area contributed by atoms with Crippen LogP contribution in [-0.2, 0) is 13.1 Å². The molecule has 0 N–H and O–H groups in total. The minimum atomic E-state index is 0.661. The summed E-state index contributed by atoms with van der Waals surface area (Å²) in [5, 5.41) is 0. The van der Waals surface area contributed by atoms with Crippen molar-refractivity contribution in [3.05, 3.63) is 57.6 Å². The van der Waals surface area contributed by atoms with Crippen molar-refractivity contribution in [1.82, 2.24) is 19.6 Å². The summed E-state index contributed by atoms with van der Waals surface area (Å²) < 4.78 is 11.8. The maximum Gasteiger partial charge on any atom is 0.150 e. The van der Waals surface area contributed by atoms with Crippen LogP contribution >= 0.6 is 15.9 Å². The number of halogens is 1. The maximum atomic E-state index is 10.7. The Kier molecular flexibility index (Phi) is 11.0. The second-order valence-electron chi connectivity index (χ2n) is 9.30. The molecule has 2 aromatic carbocycles. The van der Waals surface area contributed by atoms with E-state index < -0.39 is 0 Å². The van der Waals surface area contributed by atoms with Crippen molar-refractivity contribution in [2.75, 3.05) is 80.7 Å². The molecule has 0 aliphatic carbocycles. The zero-order valence-corrected chi connectivity index (χ0v) is 23.1. The average Bonchev–Trinajstić information content (AvgIpc) is 2.88. The number of piperazine rings is 2. The summed E-state index contributed by atoms with van der Waals surface area (Å²) in [6.45, 7) is 10.8. The molecule has 0 bridgehead atoms. The van der Waals surface area contributed by atoms with Crippen molar-refractivity contribution in [3.63, 3.8) is 0 Å². The number of carbonyl (C=O) groups is 1. The van der Waals surface area contributed by atoms with Crippen LogP contribution in [0.15, 0.2) is 40.9 Å². The molecule has 2 aliphatic heterocycles. The van der Waals surface area contributed by atoms with Crippen molar-refractivity contribution in [3.8, 4) is 11.5 Å². The first-order valence-corrected chi connectivity index (χ1v) is 13.0. The SMILES string of the molecule is COc1cc(Br)ccc1CN1CCN(C)CC1.COc1cc(C=O)ccc1CN1CCN(C)CC1. The molecule has 0 aromatic heterocycles. The molecule has 2 aliphatic rings. The summed E-state index contributed by atoms with van der Waals surface area (Å²) in [5.74, 6) is 1.77. The smallest absolute Gasteiger partial charge is 0.150 e. The molecule has 2 saturated heterocycles. The predicted octanol–water partition coefficient (Wildman–Crippen LogP) is 3.46. The lowest BCUT2D eigenvalue weighted by Crippen LogP contribution is -2.43. The first-order valence-electron chi connectivity index (χ1n) is 12.2.